The number of hydrogen-bond acceptors (Lipinski definition) is 5. The highest BCUT2D eigenvalue weighted by Gasteiger charge is 2.32. The van der Waals surface area contributed by atoms with Gasteiger partial charge in [0.25, 0.3) is 0 Å². The van der Waals surface area contributed by atoms with E-state index in [1.165, 1.54) is 0 Å². The number of aromatic nitrogens is 2. The third-order valence-electron chi connectivity index (χ3n) is 5.33. The van der Waals surface area contributed by atoms with Gasteiger partial charge in [0.15, 0.2) is 0 Å². The zero-order valence-corrected chi connectivity index (χ0v) is 15.9. The van der Waals surface area contributed by atoms with Crippen molar-refractivity contribution in [1.29, 1.82) is 0 Å². The van der Waals surface area contributed by atoms with Crippen LogP contribution in [0.2, 0.25) is 0 Å². The van der Waals surface area contributed by atoms with E-state index >= 15 is 0 Å². The summed E-state index contributed by atoms with van der Waals surface area (Å²) in [7, 11) is 2.03. The zero-order valence-electron chi connectivity index (χ0n) is 15.9. The van der Waals surface area contributed by atoms with Crippen molar-refractivity contribution in [3.63, 3.8) is 0 Å². The summed E-state index contributed by atoms with van der Waals surface area (Å²) < 4.78 is 7.81. The number of rotatable bonds is 4. The van der Waals surface area contributed by atoms with Gasteiger partial charge in [-0.2, -0.15) is 0 Å². The molecule has 2 aliphatic heterocycles. The van der Waals surface area contributed by atoms with Crippen molar-refractivity contribution >= 4 is 5.91 Å². The lowest BCUT2D eigenvalue weighted by atomic mass is 10.1. The van der Waals surface area contributed by atoms with Gasteiger partial charge in [-0.05, 0) is 20.8 Å². The SMILES string of the molecule is C[C@@H]1CN(C(=O)[C@H](C)N2CCN(Cc3nccn3C)CC2)C[C@H](C)O1. The Bertz CT molecular complexity index is 572. The van der Waals surface area contributed by atoms with Crippen molar-refractivity contribution in [2.24, 2.45) is 7.05 Å². The van der Waals surface area contributed by atoms with Gasteiger partial charge < -0.3 is 14.2 Å². The van der Waals surface area contributed by atoms with Crippen molar-refractivity contribution in [3.05, 3.63) is 18.2 Å². The maximum atomic E-state index is 12.9. The Labute approximate surface area is 150 Å². The molecule has 2 saturated heterocycles. The second kappa shape index (κ2) is 7.85. The van der Waals surface area contributed by atoms with Crippen LogP contribution in [-0.4, -0.2) is 87.7 Å². The summed E-state index contributed by atoms with van der Waals surface area (Å²) in [5, 5.41) is 0. The zero-order chi connectivity index (χ0) is 18.0. The Hall–Kier alpha value is -1.44. The maximum absolute atomic E-state index is 12.9. The minimum absolute atomic E-state index is 0.0622. The fourth-order valence-electron chi connectivity index (χ4n) is 3.84. The molecule has 0 saturated carbocycles. The molecule has 140 valence electrons. The third kappa shape index (κ3) is 4.40. The van der Waals surface area contributed by atoms with Crippen LogP contribution in [0.3, 0.4) is 0 Å². The molecule has 1 amide bonds. The highest BCUT2D eigenvalue weighted by atomic mass is 16.5. The van der Waals surface area contributed by atoms with Crippen LogP contribution in [0, 0.1) is 0 Å². The second-order valence-electron chi connectivity index (χ2n) is 7.44. The smallest absolute Gasteiger partial charge is 0.239 e. The Balaban J connectivity index is 1.50. The quantitative estimate of drug-likeness (QED) is 0.795. The minimum atomic E-state index is -0.0622. The fourth-order valence-corrected chi connectivity index (χ4v) is 3.84. The number of nitrogens with zero attached hydrogens (tertiary/aromatic N) is 5. The van der Waals surface area contributed by atoms with E-state index in [4.69, 9.17) is 4.74 Å². The van der Waals surface area contributed by atoms with Crippen LogP contribution in [0.15, 0.2) is 12.4 Å². The van der Waals surface area contributed by atoms with E-state index in [2.05, 4.69) is 19.4 Å². The molecule has 0 N–H and O–H groups in total. The molecular weight excluding hydrogens is 318 g/mol. The highest BCUT2D eigenvalue weighted by molar-refractivity contribution is 5.81. The van der Waals surface area contributed by atoms with Crippen molar-refractivity contribution in [2.45, 2.75) is 45.6 Å². The number of carbonyl (C=O) groups excluding carboxylic acids is 1. The average molecular weight is 349 g/mol. The first-order valence-corrected chi connectivity index (χ1v) is 9.31. The van der Waals surface area contributed by atoms with Crippen LogP contribution in [0.1, 0.15) is 26.6 Å². The predicted molar refractivity (Wildman–Crippen MR) is 96.1 cm³/mol. The van der Waals surface area contributed by atoms with Crippen molar-refractivity contribution < 1.29 is 9.53 Å². The van der Waals surface area contributed by atoms with E-state index in [1.807, 2.05) is 45.1 Å². The van der Waals surface area contributed by atoms with Crippen molar-refractivity contribution in [1.82, 2.24) is 24.3 Å². The summed E-state index contributed by atoms with van der Waals surface area (Å²) in [6.45, 7) is 12.2. The molecule has 3 rings (SSSR count). The number of carbonyl (C=O) groups is 1. The van der Waals surface area contributed by atoms with Gasteiger partial charge in [-0.25, -0.2) is 4.98 Å². The minimum Gasteiger partial charge on any atom is -0.372 e. The van der Waals surface area contributed by atoms with Gasteiger partial charge >= 0.3 is 0 Å². The molecule has 7 heteroatoms. The maximum Gasteiger partial charge on any atom is 0.239 e. The second-order valence-corrected chi connectivity index (χ2v) is 7.44. The van der Waals surface area contributed by atoms with Gasteiger partial charge in [0, 0.05) is 58.7 Å². The van der Waals surface area contributed by atoms with E-state index < -0.39 is 0 Å². The fraction of sp³-hybridized carbons (Fsp3) is 0.778. The van der Waals surface area contributed by atoms with Crippen LogP contribution < -0.4 is 0 Å². The number of ether oxygens (including phenoxy) is 1. The molecule has 0 spiro atoms. The molecule has 7 nitrogen and oxygen atoms in total. The molecule has 0 bridgehead atoms. The molecule has 0 radical (unpaired) electrons. The molecule has 3 atom stereocenters. The van der Waals surface area contributed by atoms with Gasteiger partial charge in [0.05, 0.1) is 24.8 Å². The molecule has 0 aliphatic carbocycles. The van der Waals surface area contributed by atoms with E-state index in [9.17, 15) is 4.79 Å². The number of morpholine rings is 1. The normalized spacial score (nSPS) is 27.4. The lowest BCUT2D eigenvalue weighted by Crippen LogP contribution is -2.57. The topological polar surface area (TPSA) is 53.8 Å². The van der Waals surface area contributed by atoms with E-state index in [1.54, 1.807) is 0 Å². The molecule has 25 heavy (non-hydrogen) atoms. The lowest BCUT2D eigenvalue weighted by molar-refractivity contribution is -0.148. The van der Waals surface area contributed by atoms with E-state index in [0.717, 1.165) is 38.5 Å². The summed E-state index contributed by atoms with van der Waals surface area (Å²) >= 11 is 0. The van der Waals surface area contributed by atoms with Crippen LogP contribution in [-0.2, 0) is 23.1 Å². The first-order valence-electron chi connectivity index (χ1n) is 9.31. The van der Waals surface area contributed by atoms with Gasteiger partial charge in [0.1, 0.15) is 5.82 Å². The standard InChI is InChI=1S/C18H31N5O2/c1-14-11-23(12-15(2)25-14)18(24)16(3)22-9-7-21(8-10-22)13-17-19-5-6-20(17)4/h5-6,14-16H,7-13H2,1-4H3/t14-,15+,16-/m0/s1. The molecule has 1 aromatic rings. The third-order valence-corrected chi connectivity index (χ3v) is 5.33. The number of amides is 1. The molecule has 3 heterocycles. The number of aryl methyl sites for hydroxylation is 1. The van der Waals surface area contributed by atoms with Gasteiger partial charge in [-0.15, -0.1) is 0 Å². The molecular formula is C18H31N5O2. The summed E-state index contributed by atoms with van der Waals surface area (Å²) in [5.74, 6) is 1.33. The number of imidazole rings is 1. The lowest BCUT2D eigenvalue weighted by Gasteiger charge is -2.41. The van der Waals surface area contributed by atoms with Crippen molar-refractivity contribution in [3.8, 4) is 0 Å². The monoisotopic (exact) mass is 349 g/mol. The summed E-state index contributed by atoms with van der Waals surface area (Å²) in [6.07, 6.45) is 4.07. The summed E-state index contributed by atoms with van der Waals surface area (Å²) in [6, 6.07) is -0.0622. The summed E-state index contributed by atoms with van der Waals surface area (Å²) in [5.41, 5.74) is 0. The predicted octanol–water partition coefficient (Wildman–Crippen LogP) is 0.562. The van der Waals surface area contributed by atoms with Crippen LogP contribution in [0.5, 0.6) is 0 Å². The summed E-state index contributed by atoms with van der Waals surface area (Å²) in [4.78, 5) is 24.0. The van der Waals surface area contributed by atoms with Crippen LogP contribution >= 0.6 is 0 Å². The Morgan fingerprint density at radius 3 is 2.44 bits per heavy atom. The first kappa shape index (κ1) is 18.4. The first-order chi connectivity index (χ1) is 11.9. The van der Waals surface area contributed by atoms with Gasteiger partial charge in [-0.1, -0.05) is 0 Å². The Kier molecular flexibility index (Phi) is 5.76. The molecule has 0 unspecified atom stereocenters. The molecule has 2 fully saturated rings. The van der Waals surface area contributed by atoms with Crippen LogP contribution in [0.25, 0.3) is 0 Å². The average Bonchev–Trinajstić information content (AvgIpc) is 2.98. The van der Waals surface area contributed by atoms with Gasteiger partial charge in [-0.3, -0.25) is 14.6 Å². The molecule has 2 aliphatic rings. The van der Waals surface area contributed by atoms with Crippen molar-refractivity contribution in [2.75, 3.05) is 39.3 Å². The largest absolute Gasteiger partial charge is 0.372 e. The van der Waals surface area contributed by atoms with E-state index in [-0.39, 0.29) is 24.2 Å². The van der Waals surface area contributed by atoms with Crippen LogP contribution in [0.4, 0.5) is 0 Å². The number of piperazine rings is 1. The Morgan fingerprint density at radius 2 is 1.88 bits per heavy atom. The Morgan fingerprint density at radius 1 is 1.24 bits per heavy atom. The molecule has 0 aromatic carbocycles. The van der Waals surface area contributed by atoms with E-state index in [0.29, 0.717) is 13.1 Å². The van der Waals surface area contributed by atoms with Gasteiger partial charge in [0.2, 0.25) is 5.91 Å². The number of hydrogen-bond donors (Lipinski definition) is 0. The molecule has 1 aromatic heterocycles. The highest BCUT2D eigenvalue weighted by Crippen LogP contribution is 2.15.